The molecule has 3 aromatic rings. The Balaban J connectivity index is 1.55. The van der Waals surface area contributed by atoms with Crippen LogP contribution >= 0.6 is 11.3 Å². The SMILES string of the molecule is COC(=O)Nc1nc(-c2ccccc2)c(NC(=O)c2ccc(S(=O)(=O)N3CCOCC3)cc2)s1. The number of methoxy groups -OCH3 is 1. The zero-order valence-corrected chi connectivity index (χ0v) is 19.8. The van der Waals surface area contributed by atoms with E-state index >= 15 is 0 Å². The molecule has 1 aromatic heterocycles. The highest BCUT2D eigenvalue weighted by molar-refractivity contribution is 7.89. The summed E-state index contributed by atoms with van der Waals surface area (Å²) in [6.45, 7) is 1.29. The normalized spacial score (nSPS) is 14.4. The summed E-state index contributed by atoms with van der Waals surface area (Å²) in [6, 6.07) is 14.9. The van der Waals surface area contributed by atoms with Crippen LogP contribution in [0.1, 0.15) is 10.4 Å². The molecule has 4 rings (SSSR count). The Morgan fingerprint density at radius 1 is 1.03 bits per heavy atom. The first-order chi connectivity index (χ1) is 16.4. The summed E-state index contributed by atoms with van der Waals surface area (Å²) in [4.78, 5) is 29.0. The number of anilines is 2. The zero-order chi connectivity index (χ0) is 24.1. The third-order valence-electron chi connectivity index (χ3n) is 5.02. The van der Waals surface area contributed by atoms with Gasteiger partial charge in [-0.25, -0.2) is 18.2 Å². The third-order valence-corrected chi connectivity index (χ3v) is 7.82. The number of carbonyl (C=O) groups excluding carboxylic acids is 2. The quantitative estimate of drug-likeness (QED) is 0.530. The van der Waals surface area contributed by atoms with Gasteiger partial charge in [-0.2, -0.15) is 4.31 Å². The molecule has 0 unspecified atom stereocenters. The van der Waals surface area contributed by atoms with Gasteiger partial charge in [-0.05, 0) is 24.3 Å². The lowest BCUT2D eigenvalue weighted by molar-refractivity contribution is 0.0730. The molecule has 2 aromatic carbocycles. The van der Waals surface area contributed by atoms with Crippen LogP contribution in [0.25, 0.3) is 11.3 Å². The van der Waals surface area contributed by atoms with E-state index in [1.54, 1.807) is 0 Å². The molecule has 1 aliphatic heterocycles. The summed E-state index contributed by atoms with van der Waals surface area (Å²) in [5.41, 5.74) is 1.51. The van der Waals surface area contributed by atoms with Crippen molar-refractivity contribution in [2.45, 2.75) is 4.90 Å². The van der Waals surface area contributed by atoms with Crippen LogP contribution in [0.2, 0.25) is 0 Å². The summed E-state index contributed by atoms with van der Waals surface area (Å²) >= 11 is 1.08. The number of aromatic nitrogens is 1. The van der Waals surface area contributed by atoms with Gasteiger partial charge < -0.3 is 14.8 Å². The van der Waals surface area contributed by atoms with Gasteiger partial charge in [-0.15, -0.1) is 0 Å². The summed E-state index contributed by atoms with van der Waals surface area (Å²) in [5, 5.41) is 5.99. The maximum absolute atomic E-state index is 12.9. The lowest BCUT2D eigenvalue weighted by atomic mass is 10.1. The van der Waals surface area contributed by atoms with E-state index in [9.17, 15) is 18.0 Å². The van der Waals surface area contributed by atoms with E-state index in [2.05, 4.69) is 20.4 Å². The molecule has 2 N–H and O–H groups in total. The van der Waals surface area contributed by atoms with Crippen molar-refractivity contribution in [1.82, 2.24) is 9.29 Å². The molecule has 0 bridgehead atoms. The van der Waals surface area contributed by atoms with Gasteiger partial charge in [-0.1, -0.05) is 41.7 Å². The Labute approximate surface area is 200 Å². The van der Waals surface area contributed by atoms with E-state index in [1.807, 2.05) is 30.3 Å². The lowest BCUT2D eigenvalue weighted by Crippen LogP contribution is -2.40. The van der Waals surface area contributed by atoms with Gasteiger partial charge in [0.05, 0.1) is 25.2 Å². The van der Waals surface area contributed by atoms with Crippen molar-refractivity contribution in [2.24, 2.45) is 0 Å². The molecule has 1 aliphatic rings. The predicted octanol–water partition coefficient (Wildman–Crippen LogP) is 3.26. The molecule has 0 spiro atoms. The Hall–Kier alpha value is -3.32. The van der Waals surface area contributed by atoms with Gasteiger partial charge in [0.15, 0.2) is 5.13 Å². The summed E-state index contributed by atoms with van der Waals surface area (Å²) in [6.07, 6.45) is -0.677. The molecule has 2 heterocycles. The molecule has 178 valence electrons. The molecule has 0 saturated carbocycles. The molecular weight excluding hydrogens is 480 g/mol. The minimum Gasteiger partial charge on any atom is -0.453 e. The summed E-state index contributed by atoms with van der Waals surface area (Å²) in [7, 11) is -2.41. The van der Waals surface area contributed by atoms with Crippen LogP contribution in [-0.2, 0) is 19.5 Å². The smallest absolute Gasteiger partial charge is 0.413 e. The van der Waals surface area contributed by atoms with Gasteiger partial charge in [0, 0.05) is 24.2 Å². The van der Waals surface area contributed by atoms with Crippen LogP contribution in [0.4, 0.5) is 14.9 Å². The average molecular weight is 503 g/mol. The Bertz CT molecular complexity index is 1270. The second-order valence-electron chi connectivity index (χ2n) is 7.17. The molecule has 1 saturated heterocycles. The Morgan fingerprint density at radius 3 is 2.35 bits per heavy atom. The highest BCUT2D eigenvalue weighted by atomic mass is 32.2. The highest BCUT2D eigenvalue weighted by Crippen LogP contribution is 2.36. The molecule has 2 amide bonds. The molecule has 0 aliphatic carbocycles. The first-order valence-electron chi connectivity index (χ1n) is 10.3. The van der Waals surface area contributed by atoms with E-state index in [1.165, 1.54) is 35.7 Å². The number of hydrogen-bond donors (Lipinski definition) is 2. The average Bonchev–Trinajstić information content (AvgIpc) is 3.26. The van der Waals surface area contributed by atoms with E-state index in [0.717, 1.165) is 16.9 Å². The topological polar surface area (TPSA) is 127 Å². The van der Waals surface area contributed by atoms with Crippen molar-refractivity contribution in [2.75, 3.05) is 44.0 Å². The van der Waals surface area contributed by atoms with Crippen molar-refractivity contribution < 1.29 is 27.5 Å². The van der Waals surface area contributed by atoms with E-state index in [4.69, 9.17) is 4.74 Å². The molecule has 12 heteroatoms. The highest BCUT2D eigenvalue weighted by Gasteiger charge is 2.26. The summed E-state index contributed by atoms with van der Waals surface area (Å²) in [5.74, 6) is -0.444. The number of sulfonamides is 1. The maximum atomic E-state index is 12.9. The van der Waals surface area contributed by atoms with Gasteiger partial charge in [0.2, 0.25) is 10.0 Å². The number of benzene rings is 2. The second-order valence-corrected chi connectivity index (χ2v) is 10.1. The molecule has 10 nitrogen and oxygen atoms in total. The number of rotatable bonds is 6. The summed E-state index contributed by atoms with van der Waals surface area (Å²) < 4.78 is 36.8. The van der Waals surface area contributed by atoms with Gasteiger partial charge in [-0.3, -0.25) is 10.1 Å². The largest absolute Gasteiger partial charge is 0.453 e. The Morgan fingerprint density at radius 2 is 1.71 bits per heavy atom. The molecule has 34 heavy (non-hydrogen) atoms. The van der Waals surface area contributed by atoms with Crippen LogP contribution in [0.5, 0.6) is 0 Å². The van der Waals surface area contributed by atoms with Crippen molar-refractivity contribution in [1.29, 1.82) is 0 Å². The number of ether oxygens (including phenoxy) is 2. The third kappa shape index (κ3) is 5.25. The van der Waals surface area contributed by atoms with E-state index in [0.29, 0.717) is 37.0 Å². The van der Waals surface area contributed by atoms with Crippen LogP contribution in [0.15, 0.2) is 59.5 Å². The second kappa shape index (κ2) is 10.3. The maximum Gasteiger partial charge on any atom is 0.413 e. The number of carbonyl (C=O) groups is 2. The molecule has 0 radical (unpaired) electrons. The fraction of sp³-hybridized carbons (Fsp3) is 0.227. The van der Waals surface area contributed by atoms with Crippen LogP contribution in [0.3, 0.4) is 0 Å². The number of nitrogens with zero attached hydrogens (tertiary/aromatic N) is 2. The van der Waals surface area contributed by atoms with Crippen LogP contribution < -0.4 is 10.6 Å². The molecular formula is C22H22N4O6S2. The number of amides is 2. The van der Waals surface area contributed by atoms with Crippen molar-refractivity contribution in [3.8, 4) is 11.3 Å². The van der Waals surface area contributed by atoms with Crippen molar-refractivity contribution >= 4 is 43.5 Å². The first-order valence-corrected chi connectivity index (χ1v) is 12.5. The van der Waals surface area contributed by atoms with E-state index in [-0.39, 0.29) is 15.6 Å². The van der Waals surface area contributed by atoms with Crippen LogP contribution in [-0.4, -0.2) is 63.1 Å². The first kappa shape index (κ1) is 23.8. The zero-order valence-electron chi connectivity index (χ0n) is 18.2. The number of nitrogens with one attached hydrogen (secondary N) is 2. The number of hydrogen-bond acceptors (Lipinski definition) is 8. The van der Waals surface area contributed by atoms with Crippen LogP contribution in [0, 0.1) is 0 Å². The predicted molar refractivity (Wildman–Crippen MR) is 128 cm³/mol. The molecule has 1 fully saturated rings. The minimum atomic E-state index is -3.66. The van der Waals surface area contributed by atoms with Gasteiger partial charge >= 0.3 is 6.09 Å². The molecule has 0 atom stereocenters. The van der Waals surface area contributed by atoms with Crippen molar-refractivity contribution in [3.63, 3.8) is 0 Å². The van der Waals surface area contributed by atoms with Gasteiger partial charge in [0.25, 0.3) is 5.91 Å². The fourth-order valence-electron chi connectivity index (χ4n) is 3.28. The standard InChI is InChI=1S/C22H22N4O6S2/c1-31-22(28)25-21-23-18(15-5-3-2-4-6-15)20(33-21)24-19(27)16-7-9-17(10-8-16)34(29,30)26-11-13-32-14-12-26/h2-10H,11-14H2,1H3,(H,24,27)(H,23,25,28). The fourth-order valence-corrected chi connectivity index (χ4v) is 5.55. The lowest BCUT2D eigenvalue weighted by Gasteiger charge is -2.26. The monoisotopic (exact) mass is 502 g/mol. The van der Waals surface area contributed by atoms with Gasteiger partial charge in [0.1, 0.15) is 10.7 Å². The van der Waals surface area contributed by atoms with Crippen molar-refractivity contribution in [3.05, 3.63) is 60.2 Å². The van der Waals surface area contributed by atoms with E-state index < -0.39 is 22.0 Å². The minimum absolute atomic E-state index is 0.110. The number of thiazole rings is 1. The Kier molecular flexibility index (Phi) is 7.22. The number of morpholine rings is 1.